The van der Waals surface area contributed by atoms with Gasteiger partial charge in [0.05, 0.1) is 36.4 Å². The van der Waals surface area contributed by atoms with Gasteiger partial charge in [-0.3, -0.25) is 9.98 Å². The van der Waals surface area contributed by atoms with Gasteiger partial charge in [-0.05, 0) is 61.4 Å². The van der Waals surface area contributed by atoms with Gasteiger partial charge in [0.15, 0.2) is 0 Å². The van der Waals surface area contributed by atoms with Crippen molar-refractivity contribution in [2.45, 2.75) is 38.2 Å². The summed E-state index contributed by atoms with van der Waals surface area (Å²) in [6, 6.07) is 12.8. The molecule has 2 aromatic carbocycles. The van der Waals surface area contributed by atoms with Gasteiger partial charge in [-0.15, -0.1) is 23.5 Å². The van der Waals surface area contributed by atoms with E-state index in [9.17, 15) is 0 Å². The topological polar surface area (TPSA) is 43.2 Å². The van der Waals surface area contributed by atoms with E-state index in [-0.39, 0.29) is 0 Å². The highest BCUT2D eigenvalue weighted by Crippen LogP contribution is 2.29. The van der Waals surface area contributed by atoms with Crippen LogP contribution in [0.3, 0.4) is 0 Å². The van der Waals surface area contributed by atoms with Gasteiger partial charge in [0.1, 0.15) is 11.5 Å². The summed E-state index contributed by atoms with van der Waals surface area (Å²) < 4.78 is 12.0. The molecule has 2 aromatic rings. The fraction of sp³-hybridized carbons (Fsp3) is 0.462. The van der Waals surface area contributed by atoms with Gasteiger partial charge < -0.3 is 9.47 Å². The molecule has 2 atom stereocenters. The van der Waals surface area contributed by atoms with Crippen LogP contribution in [0, 0.1) is 13.8 Å². The maximum atomic E-state index is 6.01. The van der Waals surface area contributed by atoms with E-state index in [4.69, 9.17) is 9.47 Å². The molecule has 2 aliphatic heterocycles. The van der Waals surface area contributed by atoms with Crippen LogP contribution in [0.25, 0.3) is 0 Å². The molecule has 0 fully saturated rings. The summed E-state index contributed by atoms with van der Waals surface area (Å²) in [5, 5.41) is 3.46. The van der Waals surface area contributed by atoms with E-state index in [1.807, 2.05) is 35.3 Å². The van der Waals surface area contributed by atoms with E-state index >= 15 is 0 Å². The second kappa shape index (κ2) is 11.7. The molecule has 4 nitrogen and oxygen atoms in total. The third-order valence-corrected chi connectivity index (χ3v) is 8.61. The lowest BCUT2D eigenvalue weighted by atomic mass is 10.1. The SMILES string of the molecule is Cc1cc(C2=NCC(C)S2)ccc1OCCSCCOc1ccc(C2=NCC(C)S2)cc1C. The van der Waals surface area contributed by atoms with Gasteiger partial charge in [-0.25, -0.2) is 0 Å². The molecule has 0 aliphatic carbocycles. The van der Waals surface area contributed by atoms with Gasteiger partial charge in [0.2, 0.25) is 0 Å². The average Bonchev–Trinajstić information content (AvgIpc) is 3.43. The van der Waals surface area contributed by atoms with E-state index in [0.717, 1.165) is 46.2 Å². The van der Waals surface area contributed by atoms with Crippen LogP contribution in [-0.4, -0.2) is 58.4 Å². The Hall–Kier alpha value is -1.57. The number of ether oxygens (including phenoxy) is 2. The van der Waals surface area contributed by atoms with Crippen molar-refractivity contribution in [2.24, 2.45) is 9.98 Å². The van der Waals surface area contributed by atoms with Crippen molar-refractivity contribution in [1.29, 1.82) is 0 Å². The molecule has 0 aromatic heterocycles. The second-order valence-electron chi connectivity index (χ2n) is 8.42. The Morgan fingerprint density at radius 1 is 0.788 bits per heavy atom. The van der Waals surface area contributed by atoms with Crippen molar-refractivity contribution in [1.82, 2.24) is 0 Å². The molecule has 0 N–H and O–H groups in total. The van der Waals surface area contributed by atoms with Crippen LogP contribution in [0.15, 0.2) is 46.4 Å². The van der Waals surface area contributed by atoms with E-state index in [0.29, 0.717) is 23.7 Å². The maximum Gasteiger partial charge on any atom is 0.122 e. The first-order valence-corrected chi connectivity index (χ1v) is 14.4. The zero-order valence-corrected chi connectivity index (χ0v) is 22.2. The monoisotopic (exact) mass is 500 g/mol. The summed E-state index contributed by atoms with van der Waals surface area (Å²) in [5.41, 5.74) is 4.74. The van der Waals surface area contributed by atoms with E-state index < -0.39 is 0 Å². The number of benzene rings is 2. The minimum absolute atomic E-state index is 0.579. The Bertz CT molecular complexity index is 957. The predicted octanol–water partition coefficient (Wildman–Crippen LogP) is 6.26. The molecule has 4 rings (SSSR count). The van der Waals surface area contributed by atoms with E-state index in [1.54, 1.807) is 0 Å². The third kappa shape index (κ3) is 6.74. The number of aliphatic imine (C=N–C) groups is 2. The van der Waals surface area contributed by atoms with Crippen molar-refractivity contribution >= 4 is 45.4 Å². The summed E-state index contributed by atoms with van der Waals surface area (Å²) in [4.78, 5) is 9.26. The molecule has 0 bridgehead atoms. The molecule has 0 saturated heterocycles. The zero-order chi connectivity index (χ0) is 23.2. The Balaban J connectivity index is 1.14. The molecule has 0 spiro atoms. The van der Waals surface area contributed by atoms with Crippen molar-refractivity contribution in [2.75, 3.05) is 37.8 Å². The zero-order valence-electron chi connectivity index (χ0n) is 19.8. The normalized spacial score (nSPS) is 20.0. The first kappa shape index (κ1) is 24.6. The lowest BCUT2D eigenvalue weighted by molar-refractivity contribution is 0.337. The molecular weight excluding hydrogens is 468 g/mol. The standard InChI is InChI=1S/C26H32N2O2S3/c1-17-13-21(25-27-15-19(3)32-25)5-7-23(17)29-9-11-31-12-10-30-24-8-6-22(14-18(24)2)26-28-16-20(4)33-26/h5-8,13-14,19-20H,9-12,15-16H2,1-4H3. The summed E-state index contributed by atoms with van der Waals surface area (Å²) in [6.07, 6.45) is 0. The summed E-state index contributed by atoms with van der Waals surface area (Å²) in [5.74, 6) is 3.81. The number of hydrogen-bond donors (Lipinski definition) is 0. The van der Waals surface area contributed by atoms with Crippen LogP contribution in [0.5, 0.6) is 11.5 Å². The molecule has 176 valence electrons. The van der Waals surface area contributed by atoms with Crippen LogP contribution in [0.2, 0.25) is 0 Å². The predicted molar refractivity (Wildman–Crippen MR) is 148 cm³/mol. The van der Waals surface area contributed by atoms with Gasteiger partial charge in [-0.2, -0.15) is 11.8 Å². The largest absolute Gasteiger partial charge is 0.492 e. The maximum absolute atomic E-state index is 6.01. The number of aryl methyl sites for hydroxylation is 2. The first-order valence-electron chi connectivity index (χ1n) is 11.5. The lowest BCUT2D eigenvalue weighted by Crippen LogP contribution is -2.06. The van der Waals surface area contributed by atoms with Gasteiger partial charge >= 0.3 is 0 Å². The molecule has 0 saturated carbocycles. The van der Waals surface area contributed by atoms with Crippen LogP contribution in [-0.2, 0) is 0 Å². The molecule has 7 heteroatoms. The van der Waals surface area contributed by atoms with E-state index in [1.165, 1.54) is 22.3 Å². The van der Waals surface area contributed by atoms with E-state index in [2.05, 4.69) is 74.1 Å². The minimum atomic E-state index is 0.579. The molecule has 2 unspecified atom stereocenters. The van der Waals surface area contributed by atoms with Crippen molar-refractivity contribution in [3.63, 3.8) is 0 Å². The number of nitrogens with zero attached hydrogens (tertiary/aromatic N) is 2. The Kier molecular flexibility index (Phi) is 8.72. The highest BCUT2D eigenvalue weighted by molar-refractivity contribution is 8.15. The van der Waals surface area contributed by atoms with Crippen LogP contribution < -0.4 is 9.47 Å². The highest BCUT2D eigenvalue weighted by atomic mass is 32.2. The summed E-state index contributed by atoms with van der Waals surface area (Å²) >= 11 is 5.57. The Labute approximate surface area is 210 Å². The summed E-state index contributed by atoms with van der Waals surface area (Å²) in [7, 11) is 0. The van der Waals surface area contributed by atoms with Crippen molar-refractivity contribution < 1.29 is 9.47 Å². The van der Waals surface area contributed by atoms with Gasteiger partial charge in [-0.1, -0.05) is 13.8 Å². The third-order valence-electron chi connectivity index (χ3n) is 5.42. The highest BCUT2D eigenvalue weighted by Gasteiger charge is 2.18. The van der Waals surface area contributed by atoms with Gasteiger partial charge in [0.25, 0.3) is 0 Å². The average molecular weight is 501 g/mol. The Morgan fingerprint density at radius 3 is 1.61 bits per heavy atom. The minimum Gasteiger partial charge on any atom is -0.492 e. The quantitative estimate of drug-likeness (QED) is 0.360. The molecule has 0 amide bonds. The molecule has 2 aliphatic rings. The molecule has 33 heavy (non-hydrogen) atoms. The molecular formula is C26H32N2O2S3. The molecule has 0 radical (unpaired) electrons. The first-order chi connectivity index (χ1) is 16.0. The number of hydrogen-bond acceptors (Lipinski definition) is 7. The van der Waals surface area contributed by atoms with Crippen LogP contribution in [0.4, 0.5) is 0 Å². The van der Waals surface area contributed by atoms with Gasteiger partial charge in [0, 0.05) is 33.1 Å². The lowest BCUT2D eigenvalue weighted by Gasteiger charge is -2.12. The number of thioether (sulfide) groups is 3. The summed E-state index contributed by atoms with van der Waals surface area (Å²) in [6.45, 7) is 11.9. The second-order valence-corrected chi connectivity index (χ2v) is 12.5. The fourth-order valence-corrected chi connectivity index (χ4v) is 6.17. The van der Waals surface area contributed by atoms with Crippen LogP contribution >= 0.6 is 35.3 Å². The molecule has 2 heterocycles. The smallest absolute Gasteiger partial charge is 0.122 e. The van der Waals surface area contributed by atoms with Crippen molar-refractivity contribution in [3.05, 3.63) is 58.7 Å². The van der Waals surface area contributed by atoms with Crippen LogP contribution in [0.1, 0.15) is 36.1 Å². The number of rotatable bonds is 10. The Morgan fingerprint density at radius 2 is 1.24 bits per heavy atom. The van der Waals surface area contributed by atoms with Crippen molar-refractivity contribution in [3.8, 4) is 11.5 Å². The fourth-order valence-electron chi connectivity index (χ4n) is 3.68.